The van der Waals surface area contributed by atoms with E-state index in [9.17, 15) is 9.59 Å². The van der Waals surface area contributed by atoms with Gasteiger partial charge in [0.05, 0.1) is 5.92 Å². The summed E-state index contributed by atoms with van der Waals surface area (Å²) in [7, 11) is 1.75. The van der Waals surface area contributed by atoms with Crippen LogP contribution in [0.25, 0.3) is 0 Å². The molecule has 1 aliphatic rings. The van der Waals surface area contributed by atoms with E-state index in [4.69, 9.17) is 5.11 Å². The van der Waals surface area contributed by atoms with Crippen molar-refractivity contribution in [2.24, 2.45) is 11.8 Å². The lowest BCUT2D eigenvalue weighted by Crippen LogP contribution is -2.40. The molecule has 1 N–H and O–H groups in total. The van der Waals surface area contributed by atoms with Crippen LogP contribution < -0.4 is 0 Å². The molecule has 0 radical (unpaired) electrons. The number of carbonyl (C=O) groups excluding carboxylic acids is 1. The Kier molecular flexibility index (Phi) is 4.50. The fourth-order valence-electron chi connectivity index (χ4n) is 2.84. The van der Waals surface area contributed by atoms with Gasteiger partial charge in [0.2, 0.25) is 0 Å². The number of aryl methyl sites for hydroxylation is 1. The molecular formula is C16H22N2O3. The van der Waals surface area contributed by atoms with Crippen molar-refractivity contribution in [3.8, 4) is 0 Å². The standard InChI is InChI=1S/C16H22N2O3/c1-11-5-4-6-13(7-11)9-17(3)16(21)18-8-12(2)14(10-18)15(19)20/h4-7,12,14H,8-10H2,1-3H3,(H,19,20). The van der Waals surface area contributed by atoms with Gasteiger partial charge in [0.1, 0.15) is 0 Å². The van der Waals surface area contributed by atoms with Crippen LogP contribution in [-0.4, -0.2) is 47.0 Å². The van der Waals surface area contributed by atoms with E-state index in [1.54, 1.807) is 16.8 Å². The van der Waals surface area contributed by atoms with E-state index in [1.165, 1.54) is 0 Å². The van der Waals surface area contributed by atoms with Gasteiger partial charge in [-0.3, -0.25) is 4.79 Å². The van der Waals surface area contributed by atoms with Crippen LogP contribution in [0.2, 0.25) is 0 Å². The number of carboxylic acid groups (broad SMARTS) is 1. The molecule has 0 bridgehead atoms. The monoisotopic (exact) mass is 290 g/mol. The van der Waals surface area contributed by atoms with Crippen molar-refractivity contribution in [1.29, 1.82) is 0 Å². The van der Waals surface area contributed by atoms with Crippen LogP contribution in [0.5, 0.6) is 0 Å². The van der Waals surface area contributed by atoms with Gasteiger partial charge in [0, 0.05) is 26.7 Å². The number of benzene rings is 1. The summed E-state index contributed by atoms with van der Waals surface area (Å²) in [5.74, 6) is -1.28. The van der Waals surface area contributed by atoms with Gasteiger partial charge >= 0.3 is 12.0 Å². The fourth-order valence-corrected chi connectivity index (χ4v) is 2.84. The minimum Gasteiger partial charge on any atom is -0.481 e. The van der Waals surface area contributed by atoms with Crippen molar-refractivity contribution in [2.75, 3.05) is 20.1 Å². The molecule has 1 aromatic rings. The van der Waals surface area contributed by atoms with Crippen LogP contribution in [0.4, 0.5) is 4.79 Å². The zero-order valence-corrected chi connectivity index (χ0v) is 12.7. The molecule has 1 aliphatic heterocycles. The molecule has 2 atom stereocenters. The Morgan fingerprint density at radius 2 is 2.10 bits per heavy atom. The van der Waals surface area contributed by atoms with E-state index in [1.807, 2.05) is 32.0 Å². The Morgan fingerprint density at radius 1 is 1.38 bits per heavy atom. The predicted molar refractivity (Wildman–Crippen MR) is 79.9 cm³/mol. The Hall–Kier alpha value is -2.04. The zero-order chi connectivity index (χ0) is 15.6. The number of nitrogens with zero attached hydrogens (tertiary/aromatic N) is 2. The number of hydrogen-bond donors (Lipinski definition) is 1. The maximum absolute atomic E-state index is 12.4. The zero-order valence-electron chi connectivity index (χ0n) is 12.7. The molecule has 0 spiro atoms. The third-order valence-electron chi connectivity index (χ3n) is 4.03. The topological polar surface area (TPSA) is 60.9 Å². The Morgan fingerprint density at radius 3 is 2.67 bits per heavy atom. The molecule has 1 heterocycles. The van der Waals surface area contributed by atoms with E-state index in [2.05, 4.69) is 6.07 Å². The van der Waals surface area contributed by atoms with Gasteiger partial charge in [0.15, 0.2) is 0 Å². The third-order valence-corrected chi connectivity index (χ3v) is 4.03. The van der Waals surface area contributed by atoms with Gasteiger partial charge in [-0.1, -0.05) is 36.8 Å². The highest BCUT2D eigenvalue weighted by Crippen LogP contribution is 2.24. The first-order valence-electron chi connectivity index (χ1n) is 7.17. The molecule has 1 saturated heterocycles. The van der Waals surface area contributed by atoms with Gasteiger partial charge < -0.3 is 14.9 Å². The summed E-state index contributed by atoms with van der Waals surface area (Å²) in [6, 6.07) is 7.93. The number of rotatable bonds is 3. The molecule has 2 amide bonds. The van der Waals surface area contributed by atoms with Crippen LogP contribution in [-0.2, 0) is 11.3 Å². The van der Waals surface area contributed by atoms with Gasteiger partial charge in [-0.05, 0) is 18.4 Å². The molecular weight excluding hydrogens is 268 g/mol. The van der Waals surface area contributed by atoms with Crippen LogP contribution in [0.1, 0.15) is 18.1 Å². The summed E-state index contributed by atoms with van der Waals surface area (Å²) >= 11 is 0. The largest absolute Gasteiger partial charge is 0.481 e. The molecule has 1 fully saturated rings. The average molecular weight is 290 g/mol. The van der Waals surface area contributed by atoms with E-state index < -0.39 is 11.9 Å². The second kappa shape index (κ2) is 6.16. The molecule has 21 heavy (non-hydrogen) atoms. The summed E-state index contributed by atoms with van der Waals surface area (Å²) in [5.41, 5.74) is 2.24. The number of carbonyl (C=O) groups is 2. The molecule has 5 heteroatoms. The molecule has 2 rings (SSSR count). The molecule has 0 aliphatic carbocycles. The number of amides is 2. The van der Waals surface area contributed by atoms with Crippen molar-refractivity contribution in [3.63, 3.8) is 0 Å². The maximum atomic E-state index is 12.4. The second-order valence-corrected chi connectivity index (χ2v) is 5.95. The fraction of sp³-hybridized carbons (Fsp3) is 0.500. The van der Waals surface area contributed by atoms with E-state index in [0.717, 1.165) is 11.1 Å². The van der Waals surface area contributed by atoms with Crippen LogP contribution in [0.15, 0.2) is 24.3 Å². The summed E-state index contributed by atoms with van der Waals surface area (Å²) in [4.78, 5) is 26.8. The molecule has 5 nitrogen and oxygen atoms in total. The number of urea groups is 1. The minimum absolute atomic E-state index is 0.00109. The smallest absolute Gasteiger partial charge is 0.320 e. The molecule has 114 valence electrons. The first-order chi connectivity index (χ1) is 9.88. The van der Waals surface area contributed by atoms with Crippen molar-refractivity contribution in [2.45, 2.75) is 20.4 Å². The van der Waals surface area contributed by atoms with Crippen molar-refractivity contribution in [3.05, 3.63) is 35.4 Å². The molecule has 2 unspecified atom stereocenters. The highest BCUT2D eigenvalue weighted by molar-refractivity contribution is 5.77. The minimum atomic E-state index is -0.820. The Balaban J connectivity index is 1.99. The Bertz CT molecular complexity index is 544. The van der Waals surface area contributed by atoms with Crippen LogP contribution in [0, 0.1) is 18.8 Å². The summed E-state index contributed by atoms with van der Waals surface area (Å²) in [6.07, 6.45) is 0. The number of hydrogen-bond acceptors (Lipinski definition) is 2. The van der Waals surface area contributed by atoms with Gasteiger partial charge in [0.25, 0.3) is 0 Å². The van der Waals surface area contributed by atoms with Crippen molar-refractivity contribution < 1.29 is 14.7 Å². The summed E-state index contributed by atoms with van der Waals surface area (Å²) in [6.45, 7) is 5.24. The highest BCUT2D eigenvalue weighted by atomic mass is 16.4. The quantitative estimate of drug-likeness (QED) is 0.928. The first-order valence-corrected chi connectivity index (χ1v) is 7.17. The van der Waals surface area contributed by atoms with E-state index >= 15 is 0 Å². The molecule has 0 saturated carbocycles. The van der Waals surface area contributed by atoms with Gasteiger partial charge in [-0.2, -0.15) is 0 Å². The molecule has 0 aromatic heterocycles. The number of aliphatic carboxylic acids is 1. The third kappa shape index (κ3) is 3.54. The number of likely N-dealkylation sites (tertiary alicyclic amines) is 1. The highest BCUT2D eigenvalue weighted by Gasteiger charge is 2.37. The predicted octanol–water partition coefficient (Wildman–Crippen LogP) is 2.20. The lowest BCUT2D eigenvalue weighted by atomic mass is 9.99. The maximum Gasteiger partial charge on any atom is 0.320 e. The summed E-state index contributed by atoms with van der Waals surface area (Å²) < 4.78 is 0. The molecule has 1 aromatic carbocycles. The SMILES string of the molecule is Cc1cccc(CN(C)C(=O)N2CC(C)C(C(=O)O)C2)c1. The van der Waals surface area contributed by atoms with E-state index in [-0.39, 0.29) is 11.9 Å². The van der Waals surface area contributed by atoms with Crippen molar-refractivity contribution >= 4 is 12.0 Å². The first kappa shape index (κ1) is 15.4. The van der Waals surface area contributed by atoms with Gasteiger partial charge in [-0.15, -0.1) is 0 Å². The van der Waals surface area contributed by atoms with Crippen LogP contribution in [0.3, 0.4) is 0 Å². The van der Waals surface area contributed by atoms with Crippen molar-refractivity contribution in [1.82, 2.24) is 9.80 Å². The van der Waals surface area contributed by atoms with E-state index in [0.29, 0.717) is 19.6 Å². The van der Waals surface area contributed by atoms with Crippen LogP contribution >= 0.6 is 0 Å². The normalized spacial score (nSPS) is 21.4. The second-order valence-electron chi connectivity index (χ2n) is 5.95. The number of carboxylic acids is 1. The summed E-state index contributed by atoms with van der Waals surface area (Å²) in [5, 5.41) is 9.14. The lowest BCUT2D eigenvalue weighted by molar-refractivity contribution is -0.142. The van der Waals surface area contributed by atoms with Gasteiger partial charge in [-0.25, -0.2) is 4.79 Å². The Labute approximate surface area is 125 Å². The lowest BCUT2D eigenvalue weighted by Gasteiger charge is -2.24. The average Bonchev–Trinajstić information content (AvgIpc) is 2.80.